The summed E-state index contributed by atoms with van der Waals surface area (Å²) in [5.41, 5.74) is 1.76. The molecule has 0 N–H and O–H groups in total. The van der Waals surface area contributed by atoms with Crippen LogP contribution in [-0.2, 0) is 17.9 Å². The second kappa shape index (κ2) is 10.4. The number of benzene rings is 2. The molecule has 0 bridgehead atoms. The van der Waals surface area contributed by atoms with Crippen LogP contribution in [0.1, 0.15) is 11.1 Å². The maximum absolute atomic E-state index is 14.0. The molecule has 2 aromatic heterocycles. The molecule has 33 heavy (non-hydrogen) atoms. The zero-order valence-corrected chi connectivity index (χ0v) is 19.1. The molecule has 0 saturated carbocycles. The number of ether oxygens (including phenoxy) is 1. The molecule has 0 aliphatic carbocycles. The molecular formula is C24H23FN4O3S. The monoisotopic (exact) mass is 466 g/mol. The first kappa shape index (κ1) is 22.6. The Morgan fingerprint density at radius 3 is 2.64 bits per heavy atom. The van der Waals surface area contributed by atoms with Crippen LogP contribution in [0.5, 0.6) is 5.75 Å². The van der Waals surface area contributed by atoms with Gasteiger partial charge in [0.2, 0.25) is 11.7 Å². The minimum absolute atomic E-state index is 0.106. The third kappa shape index (κ3) is 5.43. The lowest BCUT2D eigenvalue weighted by atomic mass is 10.2. The van der Waals surface area contributed by atoms with Gasteiger partial charge in [-0.1, -0.05) is 48.2 Å². The summed E-state index contributed by atoms with van der Waals surface area (Å²) in [6.45, 7) is 0.829. The largest absolute Gasteiger partial charge is 0.494 e. The highest BCUT2D eigenvalue weighted by Crippen LogP contribution is 2.26. The van der Waals surface area contributed by atoms with Crippen molar-refractivity contribution in [3.05, 3.63) is 83.9 Å². The Kier molecular flexibility index (Phi) is 7.09. The van der Waals surface area contributed by atoms with Gasteiger partial charge in [-0.25, -0.2) is 4.39 Å². The molecule has 0 atom stereocenters. The zero-order valence-electron chi connectivity index (χ0n) is 18.3. The summed E-state index contributed by atoms with van der Waals surface area (Å²) in [5, 5.41) is 9.20. The van der Waals surface area contributed by atoms with E-state index in [-0.39, 0.29) is 24.0 Å². The number of amides is 1. The number of halogens is 1. The van der Waals surface area contributed by atoms with Gasteiger partial charge in [0.05, 0.1) is 25.7 Å². The molecule has 0 fully saturated rings. The van der Waals surface area contributed by atoms with Crippen molar-refractivity contribution in [3.8, 4) is 17.3 Å². The van der Waals surface area contributed by atoms with E-state index >= 15 is 0 Å². The van der Waals surface area contributed by atoms with E-state index in [0.717, 1.165) is 5.56 Å². The third-order valence-corrected chi connectivity index (χ3v) is 5.98. The second-order valence-electron chi connectivity index (χ2n) is 7.36. The SMILES string of the molecule is COc1ccc(CN(C)C(=O)CSc2nnc(-c3ccco3)n2Cc2ccccc2)cc1F. The Labute approximate surface area is 195 Å². The van der Waals surface area contributed by atoms with Crippen molar-refractivity contribution in [2.75, 3.05) is 19.9 Å². The highest BCUT2D eigenvalue weighted by molar-refractivity contribution is 7.99. The van der Waals surface area contributed by atoms with Crippen LogP contribution in [-0.4, -0.2) is 45.5 Å². The summed E-state index contributed by atoms with van der Waals surface area (Å²) < 4.78 is 26.4. The first-order valence-electron chi connectivity index (χ1n) is 10.3. The van der Waals surface area contributed by atoms with E-state index in [4.69, 9.17) is 9.15 Å². The van der Waals surface area contributed by atoms with E-state index in [1.165, 1.54) is 24.9 Å². The maximum atomic E-state index is 14.0. The molecular weight excluding hydrogens is 443 g/mol. The van der Waals surface area contributed by atoms with Crippen LogP contribution < -0.4 is 4.74 Å². The molecule has 0 radical (unpaired) electrons. The molecule has 9 heteroatoms. The summed E-state index contributed by atoms with van der Waals surface area (Å²) in [6.07, 6.45) is 1.59. The van der Waals surface area contributed by atoms with Crippen molar-refractivity contribution in [1.29, 1.82) is 0 Å². The van der Waals surface area contributed by atoms with E-state index in [0.29, 0.717) is 28.8 Å². The molecule has 0 aliphatic heterocycles. The van der Waals surface area contributed by atoms with Crippen molar-refractivity contribution in [2.45, 2.75) is 18.2 Å². The zero-order chi connectivity index (χ0) is 23.2. The highest BCUT2D eigenvalue weighted by atomic mass is 32.2. The van der Waals surface area contributed by atoms with E-state index < -0.39 is 5.82 Å². The Bertz CT molecular complexity index is 1210. The quantitative estimate of drug-likeness (QED) is 0.339. The number of thioether (sulfide) groups is 1. The van der Waals surface area contributed by atoms with Crippen LogP contribution in [0.4, 0.5) is 4.39 Å². The fraction of sp³-hybridized carbons (Fsp3) is 0.208. The molecule has 2 heterocycles. The van der Waals surface area contributed by atoms with Gasteiger partial charge >= 0.3 is 0 Å². The van der Waals surface area contributed by atoms with Gasteiger partial charge in [-0.2, -0.15) is 0 Å². The molecule has 170 valence electrons. The van der Waals surface area contributed by atoms with Crippen molar-refractivity contribution < 1.29 is 18.3 Å². The van der Waals surface area contributed by atoms with Crippen LogP contribution in [0, 0.1) is 5.82 Å². The van der Waals surface area contributed by atoms with Gasteiger partial charge in [0.1, 0.15) is 0 Å². The Balaban J connectivity index is 1.46. The molecule has 4 rings (SSSR count). The van der Waals surface area contributed by atoms with Crippen LogP contribution in [0.15, 0.2) is 76.5 Å². The standard InChI is InChI=1S/C24H23FN4O3S/c1-28(14-18-10-11-20(31-2)19(25)13-18)22(30)16-33-24-27-26-23(21-9-6-12-32-21)29(24)15-17-7-4-3-5-8-17/h3-13H,14-16H2,1-2H3. The summed E-state index contributed by atoms with van der Waals surface area (Å²) >= 11 is 1.30. The van der Waals surface area contributed by atoms with Crippen molar-refractivity contribution >= 4 is 17.7 Å². The van der Waals surface area contributed by atoms with E-state index in [1.54, 1.807) is 36.4 Å². The van der Waals surface area contributed by atoms with Crippen molar-refractivity contribution in [3.63, 3.8) is 0 Å². The van der Waals surface area contributed by atoms with Gasteiger partial charge in [0.15, 0.2) is 22.5 Å². The number of aromatic nitrogens is 3. The summed E-state index contributed by atoms with van der Waals surface area (Å²) in [4.78, 5) is 14.3. The topological polar surface area (TPSA) is 73.4 Å². The second-order valence-corrected chi connectivity index (χ2v) is 8.31. The number of nitrogens with zero attached hydrogens (tertiary/aromatic N) is 4. The maximum Gasteiger partial charge on any atom is 0.233 e. The first-order valence-corrected chi connectivity index (χ1v) is 11.2. The number of carbonyl (C=O) groups is 1. The average molecular weight is 467 g/mol. The smallest absolute Gasteiger partial charge is 0.233 e. The molecule has 0 saturated heterocycles. The summed E-state index contributed by atoms with van der Waals surface area (Å²) in [5.74, 6) is 0.986. The van der Waals surface area contributed by atoms with Crippen molar-refractivity contribution in [2.24, 2.45) is 0 Å². The molecule has 4 aromatic rings. The van der Waals surface area contributed by atoms with Crippen LogP contribution in [0.3, 0.4) is 0 Å². The van der Waals surface area contributed by atoms with Gasteiger partial charge in [-0.15, -0.1) is 10.2 Å². The third-order valence-electron chi connectivity index (χ3n) is 5.03. The van der Waals surface area contributed by atoms with Crippen molar-refractivity contribution in [1.82, 2.24) is 19.7 Å². The molecule has 7 nitrogen and oxygen atoms in total. The number of methoxy groups -OCH3 is 1. The molecule has 1 amide bonds. The summed E-state index contributed by atoms with van der Waals surface area (Å²) in [7, 11) is 3.10. The van der Waals surface area contributed by atoms with E-state index in [1.807, 2.05) is 41.0 Å². The predicted octanol–water partition coefficient (Wildman–Crippen LogP) is 4.48. The molecule has 0 aliphatic rings. The summed E-state index contributed by atoms with van der Waals surface area (Å²) in [6, 6.07) is 18.2. The minimum Gasteiger partial charge on any atom is -0.494 e. The van der Waals surface area contributed by atoms with Crippen LogP contribution in [0.25, 0.3) is 11.6 Å². The Morgan fingerprint density at radius 1 is 1.12 bits per heavy atom. The fourth-order valence-electron chi connectivity index (χ4n) is 3.30. The van der Waals surface area contributed by atoms with Gasteiger partial charge < -0.3 is 14.1 Å². The van der Waals surface area contributed by atoms with E-state index in [2.05, 4.69) is 10.2 Å². The Hall–Kier alpha value is -3.59. The minimum atomic E-state index is -0.454. The fourth-order valence-corrected chi connectivity index (χ4v) is 4.18. The molecule has 0 unspecified atom stereocenters. The number of carbonyl (C=O) groups excluding carboxylic acids is 1. The predicted molar refractivity (Wildman–Crippen MR) is 123 cm³/mol. The molecule has 0 spiro atoms. The number of rotatable bonds is 9. The van der Waals surface area contributed by atoms with E-state index in [9.17, 15) is 9.18 Å². The van der Waals surface area contributed by atoms with Crippen LogP contribution in [0.2, 0.25) is 0 Å². The van der Waals surface area contributed by atoms with Gasteiger partial charge in [-0.05, 0) is 35.4 Å². The number of hydrogen-bond donors (Lipinski definition) is 0. The number of hydrogen-bond acceptors (Lipinski definition) is 6. The van der Waals surface area contributed by atoms with Gasteiger partial charge in [0, 0.05) is 13.6 Å². The van der Waals surface area contributed by atoms with Gasteiger partial charge in [0.25, 0.3) is 0 Å². The first-order chi connectivity index (χ1) is 16.0. The lowest BCUT2D eigenvalue weighted by molar-refractivity contribution is -0.127. The Morgan fingerprint density at radius 2 is 1.94 bits per heavy atom. The lowest BCUT2D eigenvalue weighted by Gasteiger charge is -2.17. The van der Waals surface area contributed by atoms with Gasteiger partial charge in [-0.3, -0.25) is 9.36 Å². The van der Waals surface area contributed by atoms with Crippen LogP contribution >= 0.6 is 11.8 Å². The normalized spacial score (nSPS) is 10.9. The average Bonchev–Trinajstić information content (AvgIpc) is 3.48. The lowest BCUT2D eigenvalue weighted by Crippen LogP contribution is -2.28. The molecule has 2 aromatic carbocycles. The number of furan rings is 1. The highest BCUT2D eigenvalue weighted by Gasteiger charge is 2.19.